The largest absolute Gasteiger partial charge is 0.455 e. The summed E-state index contributed by atoms with van der Waals surface area (Å²) in [7, 11) is 0. The highest BCUT2D eigenvalue weighted by molar-refractivity contribution is 6.39. The van der Waals surface area contributed by atoms with Crippen LogP contribution < -0.4 is 0 Å². The number of nitriles is 1. The van der Waals surface area contributed by atoms with Crippen LogP contribution in [0.2, 0.25) is 0 Å². The van der Waals surface area contributed by atoms with Crippen LogP contribution in [0, 0.1) is 11.3 Å². The summed E-state index contributed by atoms with van der Waals surface area (Å²) in [6.45, 7) is 0. The van der Waals surface area contributed by atoms with Gasteiger partial charge in [0.15, 0.2) is 5.82 Å². The Bertz CT molecular complexity index is 3640. The maximum Gasteiger partial charge on any atom is 0.161 e. The number of fused-ring (bicyclic) bond motifs is 13. The van der Waals surface area contributed by atoms with Gasteiger partial charge in [-0.25, -0.2) is 9.97 Å². The van der Waals surface area contributed by atoms with E-state index in [-0.39, 0.29) is 0 Å². The lowest BCUT2D eigenvalue weighted by Gasteiger charge is -2.13. The SMILES string of the molecule is N#Cc1cc(-n2c3ccccc3c3c4oc5ccccc5c4c4c(c5ccccc5n4-c4ccccc4)c32)ccc1-c1nc(-c2ccccc2)c2ccccc2n1. The van der Waals surface area contributed by atoms with Crippen molar-refractivity contribution in [3.8, 4) is 40.1 Å². The third kappa shape index (κ3) is 4.45. The van der Waals surface area contributed by atoms with Gasteiger partial charge in [-0.15, -0.1) is 0 Å². The average Bonchev–Trinajstić information content (AvgIpc) is 3.94. The second kappa shape index (κ2) is 12.0. The quantitative estimate of drug-likeness (QED) is 0.181. The second-order valence-electron chi connectivity index (χ2n) is 14.4. The van der Waals surface area contributed by atoms with Gasteiger partial charge in [0.2, 0.25) is 0 Å². The lowest BCUT2D eigenvalue weighted by Crippen LogP contribution is -2.00. The minimum absolute atomic E-state index is 0.487. The zero-order valence-electron chi connectivity index (χ0n) is 30.4. The van der Waals surface area contributed by atoms with Gasteiger partial charge in [-0.3, -0.25) is 0 Å². The Morgan fingerprint density at radius 3 is 1.81 bits per heavy atom. The van der Waals surface area contributed by atoms with Crippen LogP contribution in [-0.2, 0) is 0 Å². The van der Waals surface area contributed by atoms with E-state index in [0.29, 0.717) is 17.0 Å². The predicted molar refractivity (Wildman–Crippen MR) is 231 cm³/mol. The summed E-state index contributed by atoms with van der Waals surface area (Å²) in [5.74, 6) is 0.509. The molecule has 0 bridgehead atoms. The van der Waals surface area contributed by atoms with Crippen molar-refractivity contribution in [2.45, 2.75) is 0 Å². The molecule has 0 amide bonds. The molecule has 0 fully saturated rings. The number of para-hydroxylation sites is 5. The van der Waals surface area contributed by atoms with Crippen LogP contribution in [0.3, 0.4) is 0 Å². The van der Waals surface area contributed by atoms with Gasteiger partial charge in [0.1, 0.15) is 11.2 Å². The van der Waals surface area contributed by atoms with E-state index in [0.717, 1.165) is 99.1 Å². The van der Waals surface area contributed by atoms with E-state index in [2.05, 4.69) is 130 Å². The Morgan fingerprint density at radius 2 is 1.07 bits per heavy atom. The molecular formula is C51H29N5O. The molecular weight excluding hydrogens is 699 g/mol. The number of aromatic nitrogens is 4. The maximum atomic E-state index is 10.9. The van der Waals surface area contributed by atoms with Crippen molar-refractivity contribution in [2.75, 3.05) is 0 Å². The van der Waals surface area contributed by atoms with Crippen molar-refractivity contribution in [3.63, 3.8) is 0 Å². The molecule has 57 heavy (non-hydrogen) atoms. The van der Waals surface area contributed by atoms with Crippen molar-refractivity contribution in [1.29, 1.82) is 5.26 Å². The minimum Gasteiger partial charge on any atom is -0.455 e. The van der Waals surface area contributed by atoms with E-state index in [1.54, 1.807) is 0 Å². The predicted octanol–water partition coefficient (Wildman–Crippen LogP) is 12.9. The molecule has 0 unspecified atom stereocenters. The summed E-state index contributed by atoms with van der Waals surface area (Å²) in [4.78, 5) is 10.1. The van der Waals surface area contributed by atoms with Crippen LogP contribution in [0.25, 0.3) is 110 Å². The zero-order valence-corrected chi connectivity index (χ0v) is 30.4. The van der Waals surface area contributed by atoms with Gasteiger partial charge in [0, 0.05) is 49.4 Å². The fourth-order valence-corrected chi connectivity index (χ4v) is 8.96. The first kappa shape index (κ1) is 31.4. The van der Waals surface area contributed by atoms with Crippen LogP contribution in [0.1, 0.15) is 5.56 Å². The standard InChI is InChI=1S/C51H29N5O/c52-30-32-29-34(27-28-35(32)51-53-40-23-11-7-19-36(40)47(54-51)31-15-3-1-4-16-31)56-42-25-13-9-21-38(42)45-48(56)44-37-20-8-12-24-41(37)55(33-17-5-2-6-18-33)49(44)46-39-22-10-14-26-43(39)57-50(45)46/h1-29H. The molecule has 0 saturated carbocycles. The fourth-order valence-electron chi connectivity index (χ4n) is 8.96. The number of nitrogens with zero attached hydrogens (tertiary/aromatic N) is 5. The summed E-state index contributed by atoms with van der Waals surface area (Å²) in [5.41, 5.74) is 11.6. The molecule has 0 atom stereocenters. The summed E-state index contributed by atoms with van der Waals surface area (Å²) in [5, 5.41) is 18.3. The van der Waals surface area contributed by atoms with Gasteiger partial charge in [-0.2, -0.15) is 5.26 Å². The molecule has 6 nitrogen and oxygen atoms in total. The van der Waals surface area contributed by atoms with Gasteiger partial charge < -0.3 is 13.6 Å². The molecule has 0 N–H and O–H groups in total. The molecule has 264 valence electrons. The highest BCUT2D eigenvalue weighted by Gasteiger charge is 2.28. The highest BCUT2D eigenvalue weighted by atomic mass is 16.3. The fraction of sp³-hybridized carbons (Fsp3) is 0. The first-order valence-corrected chi connectivity index (χ1v) is 19.0. The third-order valence-corrected chi connectivity index (χ3v) is 11.3. The lowest BCUT2D eigenvalue weighted by molar-refractivity contribution is 0.673. The molecule has 0 aliphatic carbocycles. The smallest absolute Gasteiger partial charge is 0.161 e. The lowest BCUT2D eigenvalue weighted by atomic mass is 10.0. The molecule has 0 aliphatic heterocycles. The first-order chi connectivity index (χ1) is 28.3. The molecule has 0 saturated heterocycles. The highest BCUT2D eigenvalue weighted by Crippen LogP contribution is 2.49. The van der Waals surface area contributed by atoms with Crippen molar-refractivity contribution in [2.24, 2.45) is 0 Å². The number of benzene rings is 8. The van der Waals surface area contributed by atoms with E-state index in [1.165, 1.54) is 0 Å². The topological polar surface area (TPSA) is 72.6 Å². The normalized spacial score (nSPS) is 11.8. The molecule has 8 aromatic carbocycles. The van der Waals surface area contributed by atoms with E-state index >= 15 is 0 Å². The van der Waals surface area contributed by atoms with Crippen LogP contribution in [0.15, 0.2) is 180 Å². The van der Waals surface area contributed by atoms with Crippen LogP contribution in [0.4, 0.5) is 0 Å². The van der Waals surface area contributed by atoms with Crippen LogP contribution in [-0.4, -0.2) is 19.1 Å². The van der Waals surface area contributed by atoms with E-state index in [9.17, 15) is 5.26 Å². The Hall–Kier alpha value is -8.01. The van der Waals surface area contributed by atoms with Gasteiger partial charge >= 0.3 is 0 Å². The Balaban J connectivity index is 1.21. The molecule has 0 spiro atoms. The van der Waals surface area contributed by atoms with Crippen molar-refractivity contribution >= 4 is 76.5 Å². The van der Waals surface area contributed by atoms with Crippen LogP contribution in [0.5, 0.6) is 0 Å². The first-order valence-electron chi connectivity index (χ1n) is 19.0. The molecule has 6 heteroatoms. The maximum absolute atomic E-state index is 10.9. The minimum atomic E-state index is 0.487. The van der Waals surface area contributed by atoms with Crippen molar-refractivity contribution in [1.82, 2.24) is 19.1 Å². The Labute approximate surface area is 325 Å². The number of rotatable bonds is 4. The monoisotopic (exact) mass is 727 g/mol. The summed E-state index contributed by atoms with van der Waals surface area (Å²) < 4.78 is 11.6. The van der Waals surface area contributed by atoms with Gasteiger partial charge in [-0.1, -0.05) is 121 Å². The summed E-state index contributed by atoms with van der Waals surface area (Å²) >= 11 is 0. The molecule has 4 heterocycles. The van der Waals surface area contributed by atoms with Gasteiger partial charge in [-0.05, 0) is 54.6 Å². The summed E-state index contributed by atoms with van der Waals surface area (Å²) in [6.07, 6.45) is 0. The van der Waals surface area contributed by atoms with E-state index in [4.69, 9.17) is 14.4 Å². The number of hydrogen-bond donors (Lipinski definition) is 0. The average molecular weight is 728 g/mol. The van der Waals surface area contributed by atoms with Crippen molar-refractivity contribution < 1.29 is 4.42 Å². The molecule has 12 aromatic rings. The molecule has 0 radical (unpaired) electrons. The Kier molecular flexibility index (Phi) is 6.60. The third-order valence-electron chi connectivity index (χ3n) is 11.3. The van der Waals surface area contributed by atoms with Crippen LogP contribution >= 0.6 is 0 Å². The number of hydrogen-bond acceptors (Lipinski definition) is 4. The molecule has 4 aromatic heterocycles. The van der Waals surface area contributed by atoms with Gasteiger partial charge in [0.25, 0.3) is 0 Å². The molecule has 12 rings (SSSR count). The molecule has 0 aliphatic rings. The zero-order chi connectivity index (χ0) is 37.6. The van der Waals surface area contributed by atoms with E-state index in [1.807, 2.05) is 60.7 Å². The van der Waals surface area contributed by atoms with E-state index < -0.39 is 0 Å². The number of furan rings is 1. The van der Waals surface area contributed by atoms with Gasteiger partial charge in [0.05, 0.1) is 55.7 Å². The second-order valence-corrected chi connectivity index (χ2v) is 14.4. The van der Waals surface area contributed by atoms with Crippen molar-refractivity contribution in [3.05, 3.63) is 181 Å². The summed E-state index contributed by atoms with van der Waals surface area (Å²) in [6, 6.07) is 62.8. The Morgan fingerprint density at radius 1 is 0.491 bits per heavy atom.